The summed E-state index contributed by atoms with van der Waals surface area (Å²) in [6, 6.07) is 4.02. The highest BCUT2D eigenvalue weighted by Crippen LogP contribution is 2.41. The van der Waals surface area contributed by atoms with Crippen molar-refractivity contribution in [1.29, 1.82) is 0 Å². The summed E-state index contributed by atoms with van der Waals surface area (Å²) in [5.41, 5.74) is -0.673. The average Bonchev–Trinajstić information content (AvgIpc) is 2.26. The fourth-order valence-electron chi connectivity index (χ4n) is 1.53. The van der Waals surface area contributed by atoms with E-state index in [0.717, 1.165) is 24.3 Å². The molecule has 0 N–H and O–H groups in total. The van der Waals surface area contributed by atoms with E-state index in [2.05, 4.69) is 0 Å². The van der Waals surface area contributed by atoms with Gasteiger partial charge in [0.2, 0.25) is 5.92 Å². The van der Waals surface area contributed by atoms with E-state index in [1.54, 1.807) is 6.92 Å². The van der Waals surface area contributed by atoms with Crippen LogP contribution in [0.1, 0.15) is 17.3 Å². The summed E-state index contributed by atoms with van der Waals surface area (Å²) < 4.78 is 79.3. The molecule has 0 bridgehead atoms. The van der Waals surface area contributed by atoms with Crippen LogP contribution < -0.4 is 4.74 Å². The number of alkyl halides is 6. The van der Waals surface area contributed by atoms with Crippen molar-refractivity contribution in [3.63, 3.8) is 0 Å². The van der Waals surface area contributed by atoms with E-state index in [1.807, 2.05) is 0 Å². The summed E-state index contributed by atoms with van der Waals surface area (Å²) >= 11 is 0. The molecule has 1 aromatic carbocycles. The molecule has 0 aliphatic rings. The summed E-state index contributed by atoms with van der Waals surface area (Å²) in [6.45, 7) is 1.93. The minimum atomic E-state index is -5.69. The molecule has 1 aromatic rings. The fourth-order valence-corrected chi connectivity index (χ4v) is 1.53. The Labute approximate surface area is 110 Å². The summed E-state index contributed by atoms with van der Waals surface area (Å²) in [7, 11) is 0. The lowest BCUT2D eigenvalue weighted by Crippen LogP contribution is -2.42. The van der Waals surface area contributed by atoms with Crippen molar-refractivity contribution in [2.75, 3.05) is 6.61 Å². The first-order valence-electron chi connectivity index (χ1n) is 5.48. The van der Waals surface area contributed by atoms with Gasteiger partial charge in [-0.15, -0.1) is 0 Å². The lowest BCUT2D eigenvalue weighted by Gasteiger charge is -2.21. The first kappa shape index (κ1) is 16.3. The van der Waals surface area contributed by atoms with E-state index in [9.17, 15) is 31.1 Å². The molecule has 0 unspecified atom stereocenters. The standard InChI is InChI=1S/C12H10F6O2/c1-2-20-8-5-3-7(4-6-8)9(19)10(11(13,14)15)12(16,17)18/h3-6,10H,2H2,1H3. The minimum absolute atomic E-state index is 0.250. The first-order valence-corrected chi connectivity index (χ1v) is 5.48. The van der Waals surface area contributed by atoms with Gasteiger partial charge in [-0.05, 0) is 31.2 Å². The summed E-state index contributed by atoms with van der Waals surface area (Å²) in [5, 5.41) is 0. The molecule has 0 heterocycles. The molecular formula is C12H10F6O2. The van der Waals surface area contributed by atoms with Gasteiger partial charge in [0.1, 0.15) is 5.75 Å². The first-order chi connectivity index (χ1) is 9.07. The largest absolute Gasteiger partial charge is 0.494 e. The van der Waals surface area contributed by atoms with E-state index in [4.69, 9.17) is 4.74 Å². The van der Waals surface area contributed by atoms with Crippen LogP contribution in [-0.2, 0) is 0 Å². The van der Waals surface area contributed by atoms with E-state index >= 15 is 0 Å². The maximum Gasteiger partial charge on any atom is 0.407 e. The number of rotatable bonds is 4. The van der Waals surface area contributed by atoms with Crippen molar-refractivity contribution in [1.82, 2.24) is 0 Å². The van der Waals surface area contributed by atoms with Gasteiger partial charge in [-0.25, -0.2) is 0 Å². The third-order valence-corrected chi connectivity index (χ3v) is 2.37. The van der Waals surface area contributed by atoms with Gasteiger partial charge in [0, 0.05) is 5.56 Å². The molecule has 1 rings (SSSR count). The number of ether oxygens (including phenoxy) is 1. The monoisotopic (exact) mass is 300 g/mol. The summed E-state index contributed by atoms with van der Waals surface area (Å²) in [6.07, 6.45) is -11.4. The maximum atomic E-state index is 12.4. The Bertz CT molecular complexity index is 446. The zero-order chi connectivity index (χ0) is 15.6. The SMILES string of the molecule is CCOc1ccc(C(=O)C(C(F)(F)F)C(F)(F)F)cc1. The number of ketones is 1. The number of hydrogen-bond donors (Lipinski definition) is 0. The van der Waals surface area contributed by atoms with Gasteiger partial charge in [-0.2, -0.15) is 26.3 Å². The van der Waals surface area contributed by atoms with Gasteiger partial charge in [-0.3, -0.25) is 4.79 Å². The number of carbonyl (C=O) groups is 1. The molecule has 0 aromatic heterocycles. The third kappa shape index (κ3) is 3.88. The second-order valence-corrected chi connectivity index (χ2v) is 3.84. The van der Waals surface area contributed by atoms with Crippen molar-refractivity contribution >= 4 is 5.78 Å². The molecular weight excluding hydrogens is 290 g/mol. The second kappa shape index (κ2) is 5.72. The van der Waals surface area contributed by atoms with Gasteiger partial charge in [0.15, 0.2) is 5.78 Å². The van der Waals surface area contributed by atoms with Crippen LogP contribution in [-0.4, -0.2) is 24.7 Å². The van der Waals surface area contributed by atoms with Gasteiger partial charge in [0.25, 0.3) is 0 Å². The number of hydrogen-bond acceptors (Lipinski definition) is 2. The average molecular weight is 300 g/mol. The molecule has 0 spiro atoms. The Morgan fingerprint density at radius 3 is 1.85 bits per heavy atom. The Balaban J connectivity index is 3.07. The van der Waals surface area contributed by atoms with Gasteiger partial charge >= 0.3 is 12.4 Å². The number of halogens is 6. The third-order valence-electron chi connectivity index (χ3n) is 2.37. The van der Waals surface area contributed by atoms with E-state index < -0.39 is 29.6 Å². The van der Waals surface area contributed by atoms with Crippen LogP contribution in [0.15, 0.2) is 24.3 Å². The van der Waals surface area contributed by atoms with E-state index in [-0.39, 0.29) is 12.4 Å². The Morgan fingerprint density at radius 2 is 1.50 bits per heavy atom. The van der Waals surface area contributed by atoms with Gasteiger partial charge in [-0.1, -0.05) is 0 Å². The van der Waals surface area contributed by atoms with Crippen LogP contribution in [0.3, 0.4) is 0 Å². The van der Waals surface area contributed by atoms with Crippen molar-refractivity contribution in [3.8, 4) is 5.75 Å². The van der Waals surface area contributed by atoms with Crippen molar-refractivity contribution in [3.05, 3.63) is 29.8 Å². The van der Waals surface area contributed by atoms with Crippen LogP contribution in [0.5, 0.6) is 5.75 Å². The predicted molar refractivity (Wildman–Crippen MR) is 57.5 cm³/mol. The lowest BCUT2D eigenvalue weighted by molar-refractivity contribution is -0.264. The molecule has 0 atom stereocenters. The fraction of sp³-hybridized carbons (Fsp3) is 0.417. The molecule has 8 heteroatoms. The van der Waals surface area contributed by atoms with Crippen LogP contribution in [0.25, 0.3) is 0 Å². The van der Waals surface area contributed by atoms with Crippen LogP contribution >= 0.6 is 0 Å². The minimum Gasteiger partial charge on any atom is -0.494 e. The van der Waals surface area contributed by atoms with Crippen LogP contribution in [0, 0.1) is 5.92 Å². The van der Waals surface area contributed by atoms with Crippen LogP contribution in [0.2, 0.25) is 0 Å². The molecule has 0 radical (unpaired) electrons. The smallest absolute Gasteiger partial charge is 0.407 e. The van der Waals surface area contributed by atoms with E-state index in [1.165, 1.54) is 0 Å². The summed E-state index contributed by atoms with van der Waals surface area (Å²) in [4.78, 5) is 11.4. The molecule has 0 saturated carbocycles. The van der Waals surface area contributed by atoms with E-state index in [0.29, 0.717) is 0 Å². The van der Waals surface area contributed by atoms with Crippen molar-refractivity contribution in [2.45, 2.75) is 19.3 Å². The number of Topliss-reactive ketones (excluding diaryl/α,β-unsaturated/α-hetero) is 1. The second-order valence-electron chi connectivity index (χ2n) is 3.84. The van der Waals surface area contributed by atoms with Gasteiger partial charge in [0.05, 0.1) is 6.61 Å². The summed E-state index contributed by atoms with van der Waals surface area (Å²) in [5.74, 6) is -5.80. The zero-order valence-electron chi connectivity index (χ0n) is 10.2. The molecule has 0 aliphatic heterocycles. The van der Waals surface area contributed by atoms with Crippen molar-refractivity contribution < 1.29 is 35.9 Å². The van der Waals surface area contributed by atoms with Crippen molar-refractivity contribution in [2.24, 2.45) is 5.92 Å². The normalized spacial score (nSPS) is 12.6. The molecule has 0 amide bonds. The quantitative estimate of drug-likeness (QED) is 0.620. The Hall–Kier alpha value is -1.73. The Morgan fingerprint density at radius 1 is 1.05 bits per heavy atom. The predicted octanol–water partition coefficient (Wildman–Crippen LogP) is 4.01. The molecule has 0 fully saturated rings. The lowest BCUT2D eigenvalue weighted by atomic mass is 9.96. The van der Waals surface area contributed by atoms with Gasteiger partial charge < -0.3 is 4.74 Å². The highest BCUT2D eigenvalue weighted by Gasteiger charge is 2.60. The molecule has 0 aliphatic carbocycles. The molecule has 0 saturated heterocycles. The molecule has 2 nitrogen and oxygen atoms in total. The maximum absolute atomic E-state index is 12.4. The highest BCUT2D eigenvalue weighted by molar-refractivity contribution is 5.98. The topological polar surface area (TPSA) is 26.3 Å². The zero-order valence-corrected chi connectivity index (χ0v) is 10.2. The highest BCUT2D eigenvalue weighted by atomic mass is 19.4. The number of benzene rings is 1. The van der Waals surface area contributed by atoms with Crippen LogP contribution in [0.4, 0.5) is 26.3 Å². The molecule has 112 valence electrons. The molecule has 20 heavy (non-hydrogen) atoms. The Kier molecular flexibility index (Phi) is 4.67. The number of carbonyl (C=O) groups excluding carboxylic acids is 1.